The van der Waals surface area contributed by atoms with Gasteiger partial charge in [0.1, 0.15) is 0 Å². The predicted octanol–water partition coefficient (Wildman–Crippen LogP) is 26.8. The lowest BCUT2D eigenvalue weighted by Crippen LogP contribution is -2.45. The van der Waals surface area contributed by atoms with E-state index >= 15 is 0 Å². The lowest BCUT2D eigenvalue weighted by atomic mass is 10.0. The summed E-state index contributed by atoms with van der Waals surface area (Å²) in [7, 11) is 0. The summed E-state index contributed by atoms with van der Waals surface area (Å²) in [5.74, 6) is -0.00852. The number of ether oxygens (including phenoxy) is 1. The fourth-order valence-electron chi connectivity index (χ4n) is 13.0. The van der Waals surface area contributed by atoms with Crippen LogP contribution >= 0.6 is 0 Å². The summed E-state index contributed by atoms with van der Waals surface area (Å²) in [5, 5.41) is 23.4. The van der Waals surface area contributed by atoms with Crippen LogP contribution in [0.25, 0.3) is 0 Å². The van der Waals surface area contributed by atoms with Gasteiger partial charge in [-0.25, -0.2) is 0 Å². The summed E-state index contributed by atoms with van der Waals surface area (Å²) in [6.07, 6.45) is 99.9. The molecule has 0 aliphatic rings. The highest BCUT2D eigenvalue weighted by atomic mass is 16.5. The van der Waals surface area contributed by atoms with Crippen molar-refractivity contribution in [1.29, 1.82) is 0 Å². The number of amides is 1. The molecule has 0 aromatic rings. The van der Waals surface area contributed by atoms with E-state index in [9.17, 15) is 19.8 Å². The quantitative estimate of drug-likeness (QED) is 0.0320. The molecule has 2 unspecified atom stereocenters. The third-order valence-corrected chi connectivity index (χ3v) is 19.2. The van der Waals surface area contributed by atoms with Gasteiger partial charge in [-0.05, 0) is 77.0 Å². The molecule has 6 heteroatoms. The van der Waals surface area contributed by atoms with Gasteiger partial charge in [0.05, 0.1) is 25.4 Å². The number of allylic oxidation sites excluding steroid dienone is 4. The standard InChI is InChI=1S/C82H159NO5/c1-3-5-7-9-11-13-15-17-19-21-39-43-46-50-54-58-62-66-70-74-80(85)79(78-84)83-81(86)75-71-67-63-59-55-51-47-44-40-37-35-33-31-29-27-25-23-22-24-26-28-30-32-34-36-38-41-45-49-53-57-61-65-69-73-77-88-82(87)76-72-68-64-60-56-52-48-42-20-18-16-14-12-10-8-6-4-2/h18,20,24,26,79-80,84-85H,3-17,19,21-23,25,27-78H2,1-2H3,(H,83,86)/b20-18-,26-24-. The maximum absolute atomic E-state index is 12.6. The Morgan fingerprint density at radius 3 is 0.807 bits per heavy atom. The number of hydrogen-bond acceptors (Lipinski definition) is 5. The van der Waals surface area contributed by atoms with E-state index in [1.807, 2.05) is 0 Å². The molecule has 0 aliphatic heterocycles. The van der Waals surface area contributed by atoms with E-state index in [2.05, 4.69) is 43.5 Å². The number of esters is 1. The van der Waals surface area contributed by atoms with Gasteiger partial charge in [0.15, 0.2) is 0 Å². The fraction of sp³-hybridized carbons (Fsp3) is 0.927. The molecule has 6 nitrogen and oxygen atoms in total. The van der Waals surface area contributed by atoms with Gasteiger partial charge < -0.3 is 20.3 Å². The molecule has 2 atom stereocenters. The van der Waals surface area contributed by atoms with Gasteiger partial charge in [-0.2, -0.15) is 0 Å². The number of nitrogens with one attached hydrogen (secondary N) is 1. The van der Waals surface area contributed by atoms with E-state index in [0.29, 0.717) is 25.9 Å². The Morgan fingerprint density at radius 1 is 0.307 bits per heavy atom. The topological polar surface area (TPSA) is 95.9 Å². The molecule has 0 heterocycles. The van der Waals surface area contributed by atoms with Crippen molar-refractivity contribution < 1.29 is 24.5 Å². The second kappa shape index (κ2) is 77.8. The first-order valence-corrected chi connectivity index (χ1v) is 40.6. The second-order valence-corrected chi connectivity index (χ2v) is 28.1. The molecular formula is C82H159NO5. The number of aliphatic hydroxyl groups is 2. The van der Waals surface area contributed by atoms with E-state index in [4.69, 9.17) is 4.74 Å². The van der Waals surface area contributed by atoms with Crippen molar-refractivity contribution in [3.8, 4) is 0 Å². The van der Waals surface area contributed by atoms with Crippen molar-refractivity contribution in [2.24, 2.45) is 0 Å². The number of aliphatic hydroxyl groups excluding tert-OH is 2. The summed E-state index contributed by atoms with van der Waals surface area (Å²) in [6, 6.07) is -0.539. The maximum Gasteiger partial charge on any atom is 0.305 e. The fourth-order valence-corrected chi connectivity index (χ4v) is 13.0. The van der Waals surface area contributed by atoms with Crippen LogP contribution in [0.4, 0.5) is 0 Å². The Balaban J connectivity index is 3.33. The normalized spacial score (nSPS) is 12.5. The van der Waals surface area contributed by atoms with Crippen LogP contribution in [0.1, 0.15) is 463 Å². The molecule has 0 rings (SSSR count). The molecule has 0 aliphatic carbocycles. The number of carbonyl (C=O) groups excluding carboxylic acids is 2. The zero-order valence-electron chi connectivity index (χ0n) is 60.0. The zero-order valence-corrected chi connectivity index (χ0v) is 60.0. The molecule has 0 saturated heterocycles. The first-order chi connectivity index (χ1) is 43.5. The molecule has 0 saturated carbocycles. The van der Waals surface area contributed by atoms with Crippen LogP contribution in [-0.2, 0) is 14.3 Å². The van der Waals surface area contributed by atoms with Crippen molar-refractivity contribution in [1.82, 2.24) is 5.32 Å². The molecule has 0 aromatic carbocycles. The number of hydrogen-bond donors (Lipinski definition) is 3. The summed E-state index contributed by atoms with van der Waals surface area (Å²) >= 11 is 0. The molecule has 0 spiro atoms. The molecular weight excluding hydrogens is 1080 g/mol. The summed E-state index contributed by atoms with van der Waals surface area (Å²) in [6.45, 7) is 5.00. The smallest absolute Gasteiger partial charge is 0.305 e. The molecule has 0 aromatic heterocycles. The highest BCUT2D eigenvalue weighted by Crippen LogP contribution is 2.20. The lowest BCUT2D eigenvalue weighted by Gasteiger charge is -2.22. The van der Waals surface area contributed by atoms with Gasteiger partial charge in [0.2, 0.25) is 5.91 Å². The van der Waals surface area contributed by atoms with E-state index in [1.165, 1.54) is 385 Å². The Hall–Kier alpha value is -1.66. The molecule has 88 heavy (non-hydrogen) atoms. The van der Waals surface area contributed by atoms with Crippen LogP contribution in [0.3, 0.4) is 0 Å². The Kier molecular flexibility index (Phi) is 76.3. The molecule has 522 valence electrons. The summed E-state index contributed by atoms with van der Waals surface area (Å²) < 4.78 is 5.51. The highest BCUT2D eigenvalue weighted by Gasteiger charge is 2.20. The third kappa shape index (κ3) is 73.4. The minimum Gasteiger partial charge on any atom is -0.466 e. The van der Waals surface area contributed by atoms with Gasteiger partial charge in [-0.15, -0.1) is 0 Å². The van der Waals surface area contributed by atoms with Gasteiger partial charge in [0.25, 0.3) is 0 Å². The van der Waals surface area contributed by atoms with Crippen molar-refractivity contribution in [3.63, 3.8) is 0 Å². The average Bonchev–Trinajstić information content (AvgIpc) is 3.58. The first-order valence-electron chi connectivity index (χ1n) is 40.6. The third-order valence-electron chi connectivity index (χ3n) is 19.2. The number of carbonyl (C=O) groups is 2. The van der Waals surface area contributed by atoms with Crippen molar-refractivity contribution in [2.75, 3.05) is 13.2 Å². The van der Waals surface area contributed by atoms with Crippen LogP contribution in [0.5, 0.6) is 0 Å². The molecule has 0 fully saturated rings. The van der Waals surface area contributed by atoms with Crippen LogP contribution < -0.4 is 5.32 Å². The van der Waals surface area contributed by atoms with E-state index in [-0.39, 0.29) is 18.5 Å². The Bertz CT molecular complexity index is 1380. The first kappa shape index (κ1) is 86.3. The Labute approximate surface area is 551 Å². The monoisotopic (exact) mass is 1240 g/mol. The van der Waals surface area contributed by atoms with E-state index < -0.39 is 12.1 Å². The van der Waals surface area contributed by atoms with Gasteiger partial charge in [0, 0.05) is 12.8 Å². The van der Waals surface area contributed by atoms with Crippen LogP contribution in [0.15, 0.2) is 24.3 Å². The van der Waals surface area contributed by atoms with Crippen molar-refractivity contribution in [2.45, 2.75) is 475 Å². The van der Waals surface area contributed by atoms with Crippen molar-refractivity contribution in [3.05, 3.63) is 24.3 Å². The largest absolute Gasteiger partial charge is 0.466 e. The predicted molar refractivity (Wildman–Crippen MR) is 389 cm³/mol. The van der Waals surface area contributed by atoms with Gasteiger partial charge >= 0.3 is 5.97 Å². The molecule has 1 amide bonds. The van der Waals surface area contributed by atoms with Crippen LogP contribution in [0, 0.1) is 0 Å². The van der Waals surface area contributed by atoms with Crippen molar-refractivity contribution >= 4 is 11.9 Å². The lowest BCUT2D eigenvalue weighted by molar-refractivity contribution is -0.143. The minimum atomic E-state index is -0.662. The van der Waals surface area contributed by atoms with Gasteiger partial charge in [-0.1, -0.05) is 398 Å². The number of unbranched alkanes of at least 4 members (excludes halogenated alkanes) is 62. The second-order valence-electron chi connectivity index (χ2n) is 28.1. The highest BCUT2D eigenvalue weighted by molar-refractivity contribution is 5.76. The zero-order chi connectivity index (χ0) is 63.5. The average molecular weight is 1240 g/mol. The van der Waals surface area contributed by atoms with Gasteiger partial charge in [-0.3, -0.25) is 9.59 Å². The Morgan fingerprint density at radius 2 is 0.534 bits per heavy atom. The summed E-state index contributed by atoms with van der Waals surface area (Å²) in [4.78, 5) is 24.7. The minimum absolute atomic E-state index is 0.0179. The van der Waals surface area contributed by atoms with E-state index in [1.54, 1.807) is 0 Å². The summed E-state index contributed by atoms with van der Waals surface area (Å²) in [5.41, 5.74) is 0. The SMILES string of the molecule is CCCCCCCC/C=C\CCCCCCCCCC(=O)OCCCCCCCCCCCCCCCC/C=C\CCCCCCCCCCCCCCCCCCCC(=O)NC(CO)C(O)CCCCCCCCCCCCCCCCCCCCC. The maximum atomic E-state index is 12.6. The van der Waals surface area contributed by atoms with Crippen LogP contribution in [-0.4, -0.2) is 47.4 Å². The number of rotatable bonds is 77. The van der Waals surface area contributed by atoms with Crippen LogP contribution in [0.2, 0.25) is 0 Å². The van der Waals surface area contributed by atoms with E-state index in [0.717, 1.165) is 44.9 Å². The molecule has 3 N–H and O–H groups in total. The molecule has 0 bridgehead atoms. The molecule has 0 radical (unpaired) electrons.